The molecule has 3 aromatic rings. The molecule has 0 bridgehead atoms. The van der Waals surface area contributed by atoms with Gasteiger partial charge in [0.05, 0.1) is 0 Å². The summed E-state index contributed by atoms with van der Waals surface area (Å²) in [7, 11) is 0. The van der Waals surface area contributed by atoms with Gasteiger partial charge in [0.15, 0.2) is 5.76 Å². The molecular weight excluding hydrogens is 390 g/mol. The molecule has 0 saturated carbocycles. The Labute approximate surface area is 173 Å². The Bertz CT molecular complexity index is 1050. The summed E-state index contributed by atoms with van der Waals surface area (Å²) in [4.78, 5) is 26.2. The average Bonchev–Trinajstić information content (AvgIpc) is 3.12. The highest BCUT2D eigenvalue weighted by atomic mass is 35.5. The Morgan fingerprint density at radius 2 is 1.93 bits per heavy atom. The molecule has 2 heterocycles. The van der Waals surface area contributed by atoms with Crippen LogP contribution < -0.4 is 11.1 Å². The van der Waals surface area contributed by atoms with Gasteiger partial charge in [-0.15, -0.1) is 0 Å². The molecule has 0 spiro atoms. The zero-order valence-electron chi connectivity index (χ0n) is 15.9. The van der Waals surface area contributed by atoms with E-state index in [4.69, 9.17) is 21.8 Å². The maximum atomic E-state index is 12.6. The summed E-state index contributed by atoms with van der Waals surface area (Å²) in [6, 6.07) is 14.7. The number of hydrogen-bond donors (Lipinski definition) is 2. The van der Waals surface area contributed by atoms with Crippen LogP contribution in [0.4, 0.5) is 5.69 Å². The van der Waals surface area contributed by atoms with Crippen LogP contribution >= 0.6 is 11.6 Å². The lowest BCUT2D eigenvalue weighted by Crippen LogP contribution is -2.38. The van der Waals surface area contributed by atoms with E-state index < -0.39 is 0 Å². The standard InChI is InChI=1S/C22H22ClN3O3/c23-17-4-5-19-16(11-17)12-20(29-19)22(28)25-18-3-1-2-14(10-18)13-26-8-6-15(7-9-26)21(24)27/h1-5,10-12,15H,6-9,13H2,(H2,24,27)(H,25,28). The van der Waals surface area contributed by atoms with Gasteiger partial charge in [-0.2, -0.15) is 0 Å². The molecule has 2 amide bonds. The van der Waals surface area contributed by atoms with Crippen LogP contribution in [-0.2, 0) is 11.3 Å². The minimum absolute atomic E-state index is 0.0180. The molecule has 150 valence electrons. The first kappa shape index (κ1) is 19.5. The molecule has 0 radical (unpaired) electrons. The topological polar surface area (TPSA) is 88.6 Å². The number of nitrogens with one attached hydrogen (secondary N) is 1. The molecular formula is C22H22ClN3O3. The van der Waals surface area contributed by atoms with E-state index in [-0.39, 0.29) is 23.5 Å². The van der Waals surface area contributed by atoms with E-state index in [1.807, 2.05) is 24.3 Å². The predicted octanol–water partition coefficient (Wildman–Crippen LogP) is 4.04. The van der Waals surface area contributed by atoms with Crippen LogP contribution in [0.3, 0.4) is 0 Å². The second kappa shape index (κ2) is 8.27. The van der Waals surface area contributed by atoms with E-state index in [1.165, 1.54) is 0 Å². The Morgan fingerprint density at radius 3 is 2.69 bits per heavy atom. The van der Waals surface area contributed by atoms with Crippen LogP contribution in [0.15, 0.2) is 52.9 Å². The van der Waals surface area contributed by atoms with Crippen LogP contribution in [0.25, 0.3) is 11.0 Å². The third-order valence-corrected chi connectivity index (χ3v) is 5.52. The number of halogens is 1. The normalized spacial score (nSPS) is 15.5. The quantitative estimate of drug-likeness (QED) is 0.663. The van der Waals surface area contributed by atoms with Gasteiger partial charge in [0.2, 0.25) is 5.91 Å². The third kappa shape index (κ3) is 4.60. The number of fused-ring (bicyclic) bond motifs is 1. The average molecular weight is 412 g/mol. The summed E-state index contributed by atoms with van der Waals surface area (Å²) < 4.78 is 5.62. The highest BCUT2D eigenvalue weighted by Crippen LogP contribution is 2.24. The number of nitrogens with zero attached hydrogens (tertiary/aromatic N) is 1. The second-order valence-corrected chi connectivity index (χ2v) is 7.84. The highest BCUT2D eigenvalue weighted by Gasteiger charge is 2.23. The molecule has 1 fully saturated rings. The number of carbonyl (C=O) groups is 2. The maximum absolute atomic E-state index is 12.6. The predicted molar refractivity (Wildman–Crippen MR) is 113 cm³/mol. The Morgan fingerprint density at radius 1 is 1.14 bits per heavy atom. The van der Waals surface area contributed by atoms with E-state index >= 15 is 0 Å². The molecule has 1 saturated heterocycles. The minimum Gasteiger partial charge on any atom is -0.451 e. The van der Waals surface area contributed by atoms with E-state index in [9.17, 15) is 9.59 Å². The first-order valence-corrected chi connectivity index (χ1v) is 9.97. The van der Waals surface area contributed by atoms with E-state index in [1.54, 1.807) is 24.3 Å². The summed E-state index contributed by atoms with van der Waals surface area (Å²) in [5.41, 5.74) is 7.82. The molecule has 1 aromatic heterocycles. The SMILES string of the molecule is NC(=O)C1CCN(Cc2cccc(NC(=O)c3cc4cc(Cl)ccc4o3)c2)CC1. The number of piperidine rings is 1. The Kier molecular flexibility index (Phi) is 5.56. The van der Waals surface area contributed by atoms with E-state index in [0.717, 1.165) is 43.4 Å². The molecule has 0 aliphatic carbocycles. The number of anilines is 1. The fourth-order valence-electron chi connectivity index (χ4n) is 3.70. The first-order chi connectivity index (χ1) is 14.0. The molecule has 0 atom stereocenters. The molecule has 7 heteroatoms. The van der Waals surface area contributed by atoms with Crippen molar-refractivity contribution < 1.29 is 14.0 Å². The van der Waals surface area contributed by atoms with Gasteiger partial charge in [0.25, 0.3) is 5.91 Å². The van der Waals surface area contributed by atoms with Gasteiger partial charge in [0.1, 0.15) is 5.58 Å². The fraction of sp³-hybridized carbons (Fsp3) is 0.273. The van der Waals surface area contributed by atoms with Gasteiger partial charge >= 0.3 is 0 Å². The first-order valence-electron chi connectivity index (χ1n) is 9.59. The van der Waals surface area contributed by atoms with Crippen molar-refractivity contribution in [2.75, 3.05) is 18.4 Å². The van der Waals surface area contributed by atoms with Crippen molar-refractivity contribution in [2.24, 2.45) is 11.7 Å². The van der Waals surface area contributed by atoms with Crippen molar-refractivity contribution >= 4 is 40.1 Å². The van der Waals surface area contributed by atoms with Crippen molar-refractivity contribution in [3.63, 3.8) is 0 Å². The van der Waals surface area contributed by atoms with Gasteiger partial charge < -0.3 is 15.5 Å². The van der Waals surface area contributed by atoms with Crippen molar-refractivity contribution in [1.82, 2.24) is 4.90 Å². The van der Waals surface area contributed by atoms with E-state index in [2.05, 4.69) is 10.2 Å². The number of benzene rings is 2. The summed E-state index contributed by atoms with van der Waals surface area (Å²) in [5, 5.41) is 4.27. The molecule has 6 nitrogen and oxygen atoms in total. The van der Waals surface area contributed by atoms with E-state index in [0.29, 0.717) is 16.3 Å². The van der Waals surface area contributed by atoms with Crippen LogP contribution in [0.1, 0.15) is 29.0 Å². The lowest BCUT2D eigenvalue weighted by Gasteiger charge is -2.30. The minimum atomic E-state index is -0.309. The number of nitrogens with two attached hydrogens (primary N) is 1. The summed E-state index contributed by atoms with van der Waals surface area (Å²) in [6.45, 7) is 2.44. The molecule has 0 unspecified atom stereocenters. The number of amides is 2. The number of primary amides is 1. The van der Waals surface area contributed by atoms with Gasteiger partial charge in [-0.25, -0.2) is 0 Å². The van der Waals surface area contributed by atoms with Crippen LogP contribution in [0, 0.1) is 5.92 Å². The van der Waals surface area contributed by atoms with Crippen LogP contribution in [-0.4, -0.2) is 29.8 Å². The Balaban J connectivity index is 1.40. The van der Waals surface area contributed by atoms with Crippen molar-refractivity contribution in [1.29, 1.82) is 0 Å². The number of furan rings is 1. The van der Waals surface area contributed by atoms with Crippen LogP contribution in [0.5, 0.6) is 0 Å². The third-order valence-electron chi connectivity index (χ3n) is 5.28. The maximum Gasteiger partial charge on any atom is 0.291 e. The van der Waals surface area contributed by atoms with Gasteiger partial charge in [0, 0.05) is 28.6 Å². The van der Waals surface area contributed by atoms with Gasteiger partial charge in [-0.1, -0.05) is 23.7 Å². The van der Waals surface area contributed by atoms with Crippen molar-refractivity contribution in [2.45, 2.75) is 19.4 Å². The smallest absolute Gasteiger partial charge is 0.291 e. The lowest BCUT2D eigenvalue weighted by atomic mass is 9.96. The van der Waals surface area contributed by atoms with Crippen molar-refractivity contribution in [3.8, 4) is 0 Å². The fourth-order valence-corrected chi connectivity index (χ4v) is 3.88. The molecule has 3 N–H and O–H groups in total. The lowest BCUT2D eigenvalue weighted by molar-refractivity contribution is -0.123. The summed E-state index contributed by atoms with van der Waals surface area (Å²) in [6.07, 6.45) is 1.59. The molecule has 1 aliphatic heterocycles. The summed E-state index contributed by atoms with van der Waals surface area (Å²) >= 11 is 5.99. The zero-order chi connectivity index (χ0) is 20.4. The molecule has 4 rings (SSSR count). The second-order valence-electron chi connectivity index (χ2n) is 7.40. The number of likely N-dealkylation sites (tertiary alicyclic amines) is 1. The molecule has 2 aromatic carbocycles. The highest BCUT2D eigenvalue weighted by molar-refractivity contribution is 6.31. The number of carbonyl (C=O) groups excluding carboxylic acids is 2. The van der Waals surface area contributed by atoms with Crippen LogP contribution in [0.2, 0.25) is 5.02 Å². The van der Waals surface area contributed by atoms with Crippen molar-refractivity contribution in [3.05, 3.63) is 64.9 Å². The Hall–Kier alpha value is -2.83. The number of hydrogen-bond acceptors (Lipinski definition) is 4. The summed E-state index contributed by atoms with van der Waals surface area (Å²) in [5.74, 6) is -0.296. The van der Waals surface area contributed by atoms with Gasteiger partial charge in [-0.3, -0.25) is 14.5 Å². The van der Waals surface area contributed by atoms with Gasteiger partial charge in [-0.05, 0) is 67.9 Å². The largest absolute Gasteiger partial charge is 0.451 e. The number of rotatable bonds is 5. The molecule has 29 heavy (non-hydrogen) atoms. The molecule has 1 aliphatic rings. The monoisotopic (exact) mass is 411 g/mol. The zero-order valence-corrected chi connectivity index (χ0v) is 16.6.